The Labute approximate surface area is 276 Å². The summed E-state index contributed by atoms with van der Waals surface area (Å²) in [4.78, 5) is 5.05. The van der Waals surface area contributed by atoms with Crippen molar-refractivity contribution < 1.29 is 0 Å². The molecule has 0 unspecified atom stereocenters. The van der Waals surface area contributed by atoms with Crippen LogP contribution >= 0.6 is 11.3 Å². The quantitative estimate of drug-likeness (QED) is 0.181. The molecule has 10 rings (SSSR count). The molecule has 0 saturated carbocycles. The smallest absolute Gasteiger partial charge is 0.124 e. The molecule has 10 aromatic rings. The number of nitrogens with zero attached hydrogens (tertiary/aromatic N) is 1. The van der Waals surface area contributed by atoms with Gasteiger partial charge in [-0.1, -0.05) is 140 Å². The van der Waals surface area contributed by atoms with E-state index in [0.29, 0.717) is 0 Å². The van der Waals surface area contributed by atoms with Gasteiger partial charge >= 0.3 is 0 Å². The van der Waals surface area contributed by atoms with Crippen LogP contribution in [0, 0.1) is 0 Å². The average Bonchev–Trinajstić information content (AvgIpc) is 3.59. The Hall–Kier alpha value is -5.83. The van der Waals surface area contributed by atoms with Gasteiger partial charge in [-0.15, -0.1) is 11.3 Å². The van der Waals surface area contributed by atoms with Crippen LogP contribution in [-0.4, -0.2) is 4.98 Å². The van der Waals surface area contributed by atoms with Gasteiger partial charge in [-0.25, -0.2) is 4.98 Å². The van der Waals surface area contributed by atoms with Crippen molar-refractivity contribution in [3.8, 4) is 32.8 Å². The lowest BCUT2D eigenvalue weighted by Gasteiger charge is -2.14. The fraction of sp³-hybridized carbons (Fsp3) is 0. The van der Waals surface area contributed by atoms with Crippen molar-refractivity contribution in [3.63, 3.8) is 0 Å². The monoisotopic (exact) mass is 613 g/mol. The predicted molar refractivity (Wildman–Crippen MR) is 203 cm³/mol. The van der Waals surface area contributed by atoms with Crippen molar-refractivity contribution >= 4 is 75.4 Å². The Morgan fingerprint density at radius 3 is 1.89 bits per heavy atom. The molecule has 0 aliphatic rings. The highest BCUT2D eigenvalue weighted by atomic mass is 32.1. The third-order valence-corrected chi connectivity index (χ3v) is 10.8. The van der Waals surface area contributed by atoms with E-state index >= 15 is 0 Å². The molecule has 0 saturated heterocycles. The molecule has 1 nitrogen and oxygen atoms in total. The zero-order valence-electron chi connectivity index (χ0n) is 25.4. The molecule has 1 heterocycles. The SMILES string of the molecule is c1ccc(-c2nc3ccc4ccc5ccc(-c6cccc(-c7cc8ccc9ccccc9c8c8ccccc78)c6)cc5c4c3s2)cc1. The first-order valence-corrected chi connectivity index (χ1v) is 16.9. The Bertz CT molecular complexity index is 2840. The lowest BCUT2D eigenvalue weighted by atomic mass is 9.89. The second-order valence-electron chi connectivity index (χ2n) is 12.3. The maximum absolute atomic E-state index is 5.05. The third-order valence-electron chi connectivity index (χ3n) is 9.63. The van der Waals surface area contributed by atoms with Gasteiger partial charge in [0.2, 0.25) is 0 Å². The van der Waals surface area contributed by atoms with Gasteiger partial charge < -0.3 is 0 Å². The number of aromatic nitrogens is 1. The number of benzene rings is 9. The van der Waals surface area contributed by atoms with E-state index in [-0.39, 0.29) is 0 Å². The molecule has 0 radical (unpaired) electrons. The fourth-order valence-electron chi connectivity index (χ4n) is 7.39. The molecule has 0 atom stereocenters. The first-order chi connectivity index (χ1) is 23.3. The largest absolute Gasteiger partial charge is 0.236 e. The second-order valence-corrected chi connectivity index (χ2v) is 13.3. The summed E-state index contributed by atoms with van der Waals surface area (Å²) in [6, 6.07) is 59.8. The van der Waals surface area contributed by atoms with E-state index in [1.165, 1.54) is 80.8 Å². The summed E-state index contributed by atoms with van der Waals surface area (Å²) < 4.78 is 1.24. The topological polar surface area (TPSA) is 12.9 Å². The Kier molecular flexibility index (Phi) is 5.81. The molecular weight excluding hydrogens is 587 g/mol. The molecule has 0 aliphatic heterocycles. The van der Waals surface area contributed by atoms with Crippen LogP contribution in [0.3, 0.4) is 0 Å². The number of rotatable bonds is 3. The maximum atomic E-state index is 5.05. The maximum Gasteiger partial charge on any atom is 0.124 e. The molecule has 2 heteroatoms. The number of hydrogen-bond donors (Lipinski definition) is 0. The number of thiazole rings is 1. The summed E-state index contributed by atoms with van der Waals surface area (Å²) in [6.07, 6.45) is 0. The summed E-state index contributed by atoms with van der Waals surface area (Å²) in [5, 5.41) is 13.8. The normalized spacial score (nSPS) is 11.8. The van der Waals surface area contributed by atoms with Crippen molar-refractivity contribution in [2.24, 2.45) is 0 Å². The standard InChI is InChI=1S/C45H27NS/c1-2-10-31(11-3-1)45-46-41-24-23-30-20-17-29-18-21-33(26-40(29)43(30)44(41)47-45)32-12-8-13-34(25-32)39-27-35-22-19-28-9-4-5-14-36(28)42(35)38-16-7-6-15-37(38)39/h1-27H. The first kappa shape index (κ1) is 26.4. The number of hydrogen-bond acceptors (Lipinski definition) is 2. The van der Waals surface area contributed by atoms with Crippen LogP contribution in [0.25, 0.3) is 96.9 Å². The van der Waals surface area contributed by atoms with Gasteiger partial charge in [-0.05, 0) is 95.0 Å². The summed E-state index contributed by atoms with van der Waals surface area (Å²) in [7, 11) is 0. The second kappa shape index (κ2) is 10.3. The summed E-state index contributed by atoms with van der Waals surface area (Å²) in [5.74, 6) is 0. The highest BCUT2D eigenvalue weighted by molar-refractivity contribution is 7.22. The van der Waals surface area contributed by atoms with Crippen LogP contribution in [-0.2, 0) is 0 Å². The molecule has 218 valence electrons. The van der Waals surface area contributed by atoms with E-state index in [2.05, 4.69) is 164 Å². The van der Waals surface area contributed by atoms with E-state index in [9.17, 15) is 0 Å². The minimum absolute atomic E-state index is 1.05. The summed E-state index contributed by atoms with van der Waals surface area (Å²) in [5.41, 5.74) is 7.13. The minimum atomic E-state index is 1.05. The van der Waals surface area contributed by atoms with Gasteiger partial charge in [0, 0.05) is 10.9 Å². The highest BCUT2D eigenvalue weighted by Gasteiger charge is 2.14. The van der Waals surface area contributed by atoms with Crippen molar-refractivity contribution in [3.05, 3.63) is 164 Å². The van der Waals surface area contributed by atoms with E-state index in [4.69, 9.17) is 4.98 Å². The van der Waals surface area contributed by atoms with Crippen LogP contribution in [0.5, 0.6) is 0 Å². The van der Waals surface area contributed by atoms with Gasteiger partial charge in [-0.3, -0.25) is 0 Å². The van der Waals surface area contributed by atoms with Gasteiger partial charge in [0.25, 0.3) is 0 Å². The Morgan fingerprint density at radius 2 is 1.00 bits per heavy atom. The van der Waals surface area contributed by atoms with Crippen molar-refractivity contribution in [2.45, 2.75) is 0 Å². The van der Waals surface area contributed by atoms with Gasteiger partial charge in [0.05, 0.1) is 10.2 Å². The third kappa shape index (κ3) is 4.19. The highest BCUT2D eigenvalue weighted by Crippen LogP contribution is 2.41. The van der Waals surface area contributed by atoms with E-state index in [0.717, 1.165) is 16.1 Å². The van der Waals surface area contributed by atoms with Crippen LogP contribution in [0.2, 0.25) is 0 Å². The molecule has 1 aromatic heterocycles. The van der Waals surface area contributed by atoms with Gasteiger partial charge in [0.1, 0.15) is 5.01 Å². The molecule has 0 spiro atoms. The van der Waals surface area contributed by atoms with Crippen molar-refractivity contribution in [1.82, 2.24) is 4.98 Å². The van der Waals surface area contributed by atoms with E-state index < -0.39 is 0 Å². The molecule has 0 bridgehead atoms. The van der Waals surface area contributed by atoms with Crippen LogP contribution in [0.4, 0.5) is 0 Å². The molecule has 47 heavy (non-hydrogen) atoms. The lowest BCUT2D eigenvalue weighted by molar-refractivity contribution is 1.48. The Morgan fingerprint density at radius 1 is 0.362 bits per heavy atom. The Balaban J connectivity index is 1.16. The van der Waals surface area contributed by atoms with Crippen molar-refractivity contribution in [1.29, 1.82) is 0 Å². The van der Waals surface area contributed by atoms with Crippen molar-refractivity contribution in [2.75, 3.05) is 0 Å². The molecular formula is C45H27NS. The van der Waals surface area contributed by atoms with E-state index in [1.807, 2.05) is 0 Å². The summed E-state index contributed by atoms with van der Waals surface area (Å²) in [6.45, 7) is 0. The fourth-order valence-corrected chi connectivity index (χ4v) is 8.53. The van der Waals surface area contributed by atoms with Crippen LogP contribution in [0.1, 0.15) is 0 Å². The first-order valence-electron chi connectivity index (χ1n) is 16.0. The zero-order valence-corrected chi connectivity index (χ0v) is 26.3. The summed E-state index contributed by atoms with van der Waals surface area (Å²) >= 11 is 1.79. The van der Waals surface area contributed by atoms with Crippen LogP contribution in [0.15, 0.2) is 164 Å². The minimum Gasteiger partial charge on any atom is -0.236 e. The van der Waals surface area contributed by atoms with Gasteiger partial charge in [-0.2, -0.15) is 0 Å². The number of fused-ring (bicyclic) bond motifs is 10. The zero-order chi connectivity index (χ0) is 30.9. The van der Waals surface area contributed by atoms with E-state index in [1.54, 1.807) is 11.3 Å². The molecule has 0 N–H and O–H groups in total. The van der Waals surface area contributed by atoms with Gasteiger partial charge in [0.15, 0.2) is 0 Å². The molecule has 9 aromatic carbocycles. The molecule has 0 amide bonds. The predicted octanol–water partition coefficient (Wildman–Crippen LogP) is 13.1. The molecule has 0 fully saturated rings. The average molecular weight is 614 g/mol. The van der Waals surface area contributed by atoms with Crippen LogP contribution < -0.4 is 0 Å². The lowest BCUT2D eigenvalue weighted by Crippen LogP contribution is -1.87. The molecule has 0 aliphatic carbocycles.